The van der Waals surface area contributed by atoms with Crippen LogP contribution in [0.5, 0.6) is 0 Å². The average Bonchev–Trinajstić information content (AvgIpc) is 3.12. The molecule has 2 aromatic rings. The van der Waals surface area contributed by atoms with E-state index in [1.54, 1.807) is 18.3 Å². The van der Waals surface area contributed by atoms with Crippen molar-refractivity contribution in [1.29, 1.82) is 0 Å². The SMILES string of the molecule is CS(=O)(=O)c1cccc(C(=O)c2cnc(N3C[C@H]4CC[C@H]4C3)s2)c1. The Kier molecular flexibility index (Phi) is 3.73. The smallest absolute Gasteiger partial charge is 0.204 e. The van der Waals surface area contributed by atoms with Crippen LogP contribution in [0, 0.1) is 11.8 Å². The second kappa shape index (κ2) is 5.67. The molecule has 2 fully saturated rings. The number of sulfone groups is 1. The number of benzene rings is 1. The van der Waals surface area contributed by atoms with Crippen LogP contribution in [0.2, 0.25) is 0 Å². The zero-order valence-electron chi connectivity index (χ0n) is 13.3. The van der Waals surface area contributed by atoms with Crippen molar-refractivity contribution in [2.24, 2.45) is 11.8 Å². The first kappa shape index (κ1) is 15.8. The molecule has 0 unspecified atom stereocenters. The normalized spacial score (nSPS) is 23.0. The van der Waals surface area contributed by atoms with Crippen LogP contribution < -0.4 is 4.90 Å². The van der Waals surface area contributed by atoms with Crippen LogP contribution in [0.1, 0.15) is 28.1 Å². The molecule has 1 aromatic carbocycles. The summed E-state index contributed by atoms with van der Waals surface area (Å²) in [5, 5.41) is 0.895. The van der Waals surface area contributed by atoms with Gasteiger partial charge in [-0.05, 0) is 36.8 Å². The van der Waals surface area contributed by atoms with E-state index in [0.29, 0.717) is 10.4 Å². The van der Waals surface area contributed by atoms with E-state index < -0.39 is 9.84 Å². The summed E-state index contributed by atoms with van der Waals surface area (Å²) in [4.78, 5) is 20.1. The minimum absolute atomic E-state index is 0.161. The maximum Gasteiger partial charge on any atom is 0.204 e. The zero-order chi connectivity index (χ0) is 16.9. The van der Waals surface area contributed by atoms with Gasteiger partial charge in [0, 0.05) is 24.9 Å². The number of thiazole rings is 1. The van der Waals surface area contributed by atoms with Crippen LogP contribution in [0.4, 0.5) is 5.13 Å². The van der Waals surface area contributed by atoms with Gasteiger partial charge >= 0.3 is 0 Å². The number of carbonyl (C=O) groups is 1. The Morgan fingerprint density at radius 3 is 2.58 bits per heavy atom. The highest BCUT2D eigenvalue weighted by molar-refractivity contribution is 7.90. The monoisotopic (exact) mass is 362 g/mol. The number of hydrogen-bond donors (Lipinski definition) is 0. The van der Waals surface area contributed by atoms with Crippen molar-refractivity contribution in [1.82, 2.24) is 4.98 Å². The maximum absolute atomic E-state index is 12.7. The molecule has 7 heteroatoms. The summed E-state index contributed by atoms with van der Waals surface area (Å²) in [6, 6.07) is 6.19. The van der Waals surface area contributed by atoms with Crippen molar-refractivity contribution in [3.8, 4) is 0 Å². The van der Waals surface area contributed by atoms with Gasteiger partial charge in [0.15, 0.2) is 15.0 Å². The molecule has 2 heterocycles. The van der Waals surface area contributed by atoms with Gasteiger partial charge in [-0.2, -0.15) is 0 Å². The Morgan fingerprint density at radius 1 is 1.25 bits per heavy atom. The van der Waals surface area contributed by atoms with Crippen LogP contribution in [0.15, 0.2) is 35.4 Å². The molecule has 0 amide bonds. The first-order valence-electron chi connectivity index (χ1n) is 7.97. The fourth-order valence-electron chi connectivity index (χ4n) is 3.44. The predicted octanol–water partition coefficient (Wildman–Crippen LogP) is 2.62. The van der Waals surface area contributed by atoms with E-state index in [9.17, 15) is 13.2 Å². The molecule has 5 nitrogen and oxygen atoms in total. The molecule has 4 rings (SSSR count). The molecule has 2 aliphatic rings. The number of nitrogens with zero attached hydrogens (tertiary/aromatic N) is 2. The van der Waals surface area contributed by atoms with Gasteiger partial charge in [-0.3, -0.25) is 4.79 Å². The van der Waals surface area contributed by atoms with Gasteiger partial charge in [0.1, 0.15) is 0 Å². The third-order valence-corrected chi connectivity index (χ3v) is 7.16. The van der Waals surface area contributed by atoms with E-state index in [4.69, 9.17) is 0 Å². The van der Waals surface area contributed by atoms with E-state index >= 15 is 0 Å². The Bertz CT molecular complexity index is 892. The number of fused-ring (bicyclic) bond motifs is 1. The first-order valence-corrected chi connectivity index (χ1v) is 10.7. The molecule has 2 atom stereocenters. The molecule has 0 bridgehead atoms. The minimum Gasteiger partial charge on any atom is -0.348 e. The number of anilines is 1. The number of aromatic nitrogens is 1. The third kappa shape index (κ3) is 2.75. The Hall–Kier alpha value is -1.73. The van der Waals surface area contributed by atoms with Gasteiger partial charge in [0.05, 0.1) is 16.0 Å². The summed E-state index contributed by atoms with van der Waals surface area (Å²) in [6.45, 7) is 2.07. The molecule has 1 aliphatic heterocycles. The highest BCUT2D eigenvalue weighted by Crippen LogP contribution is 2.42. The lowest BCUT2D eigenvalue weighted by atomic mass is 9.77. The minimum atomic E-state index is -3.33. The highest BCUT2D eigenvalue weighted by atomic mass is 32.2. The summed E-state index contributed by atoms with van der Waals surface area (Å²) in [7, 11) is -3.33. The molecule has 24 heavy (non-hydrogen) atoms. The largest absolute Gasteiger partial charge is 0.348 e. The first-order chi connectivity index (χ1) is 11.4. The molecular formula is C17H18N2O3S2. The molecule has 1 saturated carbocycles. The fourth-order valence-corrected chi connectivity index (χ4v) is 5.01. The lowest BCUT2D eigenvalue weighted by Gasteiger charge is -2.27. The predicted molar refractivity (Wildman–Crippen MR) is 93.5 cm³/mol. The van der Waals surface area contributed by atoms with Crippen LogP contribution in [0.25, 0.3) is 0 Å². The number of rotatable bonds is 4. The lowest BCUT2D eigenvalue weighted by molar-refractivity contribution is 0.104. The van der Waals surface area contributed by atoms with Crippen molar-refractivity contribution >= 4 is 32.1 Å². The van der Waals surface area contributed by atoms with Gasteiger partial charge < -0.3 is 4.90 Å². The number of ketones is 1. The standard InChI is InChI=1S/C17H18N2O3S2/c1-24(21,22)14-4-2-3-11(7-14)16(20)15-8-18-17(23-15)19-9-12-5-6-13(12)10-19/h2-4,7-8,12-13H,5-6,9-10H2,1H3/t12-,13+. The number of hydrogen-bond acceptors (Lipinski definition) is 6. The van der Waals surface area contributed by atoms with Crippen molar-refractivity contribution in [3.63, 3.8) is 0 Å². The van der Waals surface area contributed by atoms with Crippen molar-refractivity contribution < 1.29 is 13.2 Å². The maximum atomic E-state index is 12.7. The molecular weight excluding hydrogens is 344 g/mol. The fraction of sp³-hybridized carbons (Fsp3) is 0.412. The van der Waals surface area contributed by atoms with Crippen molar-refractivity contribution in [2.45, 2.75) is 17.7 Å². The van der Waals surface area contributed by atoms with Gasteiger partial charge in [0.2, 0.25) is 5.78 Å². The van der Waals surface area contributed by atoms with Gasteiger partial charge in [-0.15, -0.1) is 0 Å². The van der Waals surface area contributed by atoms with Crippen molar-refractivity contribution in [2.75, 3.05) is 24.2 Å². The average molecular weight is 362 g/mol. The van der Waals surface area contributed by atoms with Crippen LogP contribution >= 0.6 is 11.3 Å². The van der Waals surface area contributed by atoms with E-state index in [1.807, 2.05) is 0 Å². The second-order valence-electron chi connectivity index (χ2n) is 6.64. The topological polar surface area (TPSA) is 67.3 Å². The van der Waals surface area contributed by atoms with E-state index in [0.717, 1.165) is 36.3 Å². The molecule has 0 spiro atoms. The van der Waals surface area contributed by atoms with Gasteiger partial charge in [0.25, 0.3) is 0 Å². The Labute approximate surface area is 145 Å². The summed E-state index contributed by atoms with van der Waals surface area (Å²) < 4.78 is 23.3. The zero-order valence-corrected chi connectivity index (χ0v) is 14.9. The van der Waals surface area contributed by atoms with E-state index in [-0.39, 0.29) is 10.7 Å². The van der Waals surface area contributed by atoms with Crippen molar-refractivity contribution in [3.05, 3.63) is 40.9 Å². The van der Waals surface area contributed by atoms with Gasteiger partial charge in [-0.25, -0.2) is 13.4 Å². The third-order valence-electron chi connectivity index (χ3n) is 5.00. The summed E-state index contributed by atoms with van der Waals surface area (Å²) >= 11 is 1.39. The van der Waals surface area contributed by atoms with Crippen LogP contribution in [-0.2, 0) is 9.84 Å². The molecule has 1 aromatic heterocycles. The molecule has 0 N–H and O–H groups in total. The summed E-state index contributed by atoms with van der Waals surface area (Å²) in [5.41, 5.74) is 0.384. The molecule has 0 radical (unpaired) electrons. The summed E-state index contributed by atoms with van der Waals surface area (Å²) in [6.07, 6.45) is 5.35. The quantitative estimate of drug-likeness (QED) is 0.782. The molecule has 1 saturated heterocycles. The molecule has 126 valence electrons. The lowest BCUT2D eigenvalue weighted by Crippen LogP contribution is -2.22. The van der Waals surface area contributed by atoms with Crippen LogP contribution in [0.3, 0.4) is 0 Å². The van der Waals surface area contributed by atoms with E-state index in [1.165, 1.54) is 36.3 Å². The molecule has 1 aliphatic carbocycles. The van der Waals surface area contributed by atoms with Crippen LogP contribution in [-0.4, -0.2) is 38.5 Å². The van der Waals surface area contributed by atoms with Gasteiger partial charge in [-0.1, -0.05) is 23.5 Å². The number of carbonyl (C=O) groups excluding carboxylic acids is 1. The van der Waals surface area contributed by atoms with E-state index in [2.05, 4.69) is 9.88 Å². The summed E-state index contributed by atoms with van der Waals surface area (Å²) in [5.74, 6) is 1.41. The Morgan fingerprint density at radius 2 is 1.96 bits per heavy atom. The second-order valence-corrected chi connectivity index (χ2v) is 9.66. The highest BCUT2D eigenvalue weighted by Gasteiger charge is 2.40. The Balaban J connectivity index is 1.57.